The highest BCUT2D eigenvalue weighted by Crippen LogP contribution is 2.26. The molecule has 0 spiro atoms. The monoisotopic (exact) mass is 432 g/mol. The van der Waals surface area contributed by atoms with Gasteiger partial charge in [0.2, 0.25) is 0 Å². The van der Waals surface area contributed by atoms with E-state index in [1.54, 1.807) is 30.3 Å². The Kier molecular flexibility index (Phi) is 8.33. The highest BCUT2D eigenvalue weighted by Gasteiger charge is 2.11. The van der Waals surface area contributed by atoms with Gasteiger partial charge < -0.3 is 4.74 Å². The summed E-state index contributed by atoms with van der Waals surface area (Å²) < 4.78 is 6.44. The maximum Gasteiger partial charge on any atom is 0.269 e. The van der Waals surface area contributed by atoms with E-state index in [1.165, 1.54) is 12.8 Å². The second-order valence-electron chi connectivity index (χ2n) is 6.33. The second-order valence-corrected chi connectivity index (χ2v) is 7.18. The van der Waals surface area contributed by atoms with Crippen LogP contribution < -0.4 is 15.6 Å². The van der Waals surface area contributed by atoms with E-state index in [2.05, 4.69) is 33.7 Å². The summed E-state index contributed by atoms with van der Waals surface area (Å²) in [7, 11) is 0. The Labute approximate surface area is 168 Å². The number of benzene rings is 2. The summed E-state index contributed by atoms with van der Waals surface area (Å²) in [5, 5.41) is 0. The zero-order chi connectivity index (χ0) is 19.6. The van der Waals surface area contributed by atoms with Gasteiger partial charge in [-0.3, -0.25) is 20.4 Å². The van der Waals surface area contributed by atoms with Crippen LogP contribution in [0.3, 0.4) is 0 Å². The zero-order valence-electron chi connectivity index (χ0n) is 15.7. The molecular weight excluding hydrogens is 408 g/mol. The van der Waals surface area contributed by atoms with E-state index in [4.69, 9.17) is 4.74 Å². The number of hydrogen-bond donors (Lipinski definition) is 2. The van der Waals surface area contributed by atoms with Crippen LogP contribution in [0.5, 0.6) is 5.75 Å². The van der Waals surface area contributed by atoms with Gasteiger partial charge in [-0.2, -0.15) is 0 Å². The molecule has 5 nitrogen and oxygen atoms in total. The lowest BCUT2D eigenvalue weighted by molar-refractivity contribution is 0.0846. The summed E-state index contributed by atoms with van der Waals surface area (Å²) >= 11 is 3.43. The van der Waals surface area contributed by atoms with E-state index >= 15 is 0 Å². The van der Waals surface area contributed by atoms with Crippen LogP contribution in [0, 0.1) is 6.92 Å². The van der Waals surface area contributed by atoms with Crippen LogP contribution in [0.4, 0.5) is 0 Å². The molecule has 0 aliphatic heterocycles. The van der Waals surface area contributed by atoms with E-state index in [-0.39, 0.29) is 5.91 Å². The van der Waals surface area contributed by atoms with Crippen LogP contribution >= 0.6 is 15.9 Å². The van der Waals surface area contributed by atoms with E-state index in [0.29, 0.717) is 28.0 Å². The molecule has 0 aliphatic carbocycles. The third-order valence-electron chi connectivity index (χ3n) is 4.05. The summed E-state index contributed by atoms with van der Waals surface area (Å²) in [6, 6.07) is 12.2. The summed E-state index contributed by atoms with van der Waals surface area (Å²) in [6.45, 7) is 4.76. The number of rotatable bonds is 8. The van der Waals surface area contributed by atoms with E-state index < -0.39 is 5.91 Å². The van der Waals surface area contributed by atoms with Crippen molar-refractivity contribution in [2.24, 2.45) is 0 Å². The van der Waals surface area contributed by atoms with Gasteiger partial charge in [0.05, 0.1) is 11.1 Å². The number of unbranched alkanes of at least 4 members (excludes halogenated alkanes) is 3. The Morgan fingerprint density at radius 2 is 1.56 bits per heavy atom. The minimum atomic E-state index is -0.398. The number of nitrogens with one attached hydrogen (secondary N) is 2. The topological polar surface area (TPSA) is 67.4 Å². The van der Waals surface area contributed by atoms with Crippen LogP contribution in [0.1, 0.15) is 58.9 Å². The van der Waals surface area contributed by atoms with Crippen LogP contribution in [-0.4, -0.2) is 18.4 Å². The molecule has 0 saturated carbocycles. The molecule has 6 heteroatoms. The summed E-state index contributed by atoms with van der Waals surface area (Å²) in [5.41, 5.74) is 6.81. The lowest BCUT2D eigenvalue weighted by atomic mass is 10.1. The van der Waals surface area contributed by atoms with Crippen molar-refractivity contribution < 1.29 is 14.3 Å². The van der Waals surface area contributed by atoms with Gasteiger partial charge in [0.1, 0.15) is 5.75 Å². The summed E-state index contributed by atoms with van der Waals surface area (Å²) in [6.07, 6.45) is 4.55. The molecule has 0 radical (unpaired) electrons. The van der Waals surface area contributed by atoms with Crippen LogP contribution in [-0.2, 0) is 0 Å². The van der Waals surface area contributed by atoms with Crippen LogP contribution in [0.15, 0.2) is 46.9 Å². The Balaban J connectivity index is 1.86. The molecular formula is C21H25BrN2O3. The highest BCUT2D eigenvalue weighted by molar-refractivity contribution is 9.10. The Hall–Kier alpha value is -2.34. The molecule has 27 heavy (non-hydrogen) atoms. The molecule has 0 saturated heterocycles. The van der Waals surface area contributed by atoms with Gasteiger partial charge in [0.15, 0.2) is 0 Å². The minimum absolute atomic E-state index is 0.366. The second kappa shape index (κ2) is 10.7. The number of amides is 2. The molecule has 2 rings (SSSR count). The van der Waals surface area contributed by atoms with Crippen molar-refractivity contribution in [1.29, 1.82) is 0 Å². The number of halogens is 1. The van der Waals surface area contributed by atoms with E-state index in [9.17, 15) is 9.59 Å². The molecule has 0 unspecified atom stereocenters. The molecule has 2 aromatic rings. The normalized spacial score (nSPS) is 10.3. The molecule has 2 amide bonds. The van der Waals surface area contributed by atoms with Crippen molar-refractivity contribution in [1.82, 2.24) is 10.9 Å². The highest BCUT2D eigenvalue weighted by atomic mass is 79.9. The first-order chi connectivity index (χ1) is 13.0. The largest absolute Gasteiger partial charge is 0.492 e. The number of hydrazine groups is 1. The van der Waals surface area contributed by atoms with Crippen LogP contribution in [0.25, 0.3) is 0 Å². The van der Waals surface area contributed by atoms with Gasteiger partial charge in [0, 0.05) is 11.1 Å². The van der Waals surface area contributed by atoms with Crippen LogP contribution in [0.2, 0.25) is 0 Å². The van der Waals surface area contributed by atoms with Crippen molar-refractivity contribution in [3.8, 4) is 5.75 Å². The van der Waals surface area contributed by atoms with Gasteiger partial charge in [-0.05, 0) is 59.6 Å². The molecule has 0 fully saturated rings. The quantitative estimate of drug-likeness (QED) is 0.465. The first-order valence-electron chi connectivity index (χ1n) is 9.11. The van der Waals surface area contributed by atoms with Crippen molar-refractivity contribution in [3.63, 3.8) is 0 Å². The number of carbonyl (C=O) groups is 2. The average Bonchev–Trinajstić information content (AvgIpc) is 2.67. The van der Waals surface area contributed by atoms with Crippen molar-refractivity contribution in [2.75, 3.05) is 6.61 Å². The summed E-state index contributed by atoms with van der Waals surface area (Å²) in [5.74, 6) is -0.0631. The average molecular weight is 433 g/mol. The van der Waals surface area contributed by atoms with Gasteiger partial charge in [-0.15, -0.1) is 0 Å². The first-order valence-corrected chi connectivity index (χ1v) is 9.90. The Bertz CT molecular complexity index is 775. The minimum Gasteiger partial charge on any atom is -0.492 e. The van der Waals surface area contributed by atoms with Gasteiger partial charge in [0.25, 0.3) is 11.8 Å². The Morgan fingerprint density at radius 3 is 2.19 bits per heavy atom. The zero-order valence-corrected chi connectivity index (χ0v) is 17.3. The number of carbonyl (C=O) groups excluding carboxylic acids is 2. The maximum atomic E-state index is 12.2. The third-order valence-corrected chi connectivity index (χ3v) is 4.67. The number of hydrogen-bond acceptors (Lipinski definition) is 3. The summed E-state index contributed by atoms with van der Waals surface area (Å²) in [4.78, 5) is 24.3. The van der Waals surface area contributed by atoms with Crippen molar-refractivity contribution in [3.05, 3.63) is 63.6 Å². The fourth-order valence-electron chi connectivity index (χ4n) is 2.43. The third kappa shape index (κ3) is 6.71. The van der Waals surface area contributed by atoms with E-state index in [1.807, 2.05) is 19.1 Å². The fraction of sp³-hybridized carbons (Fsp3) is 0.333. The molecule has 0 heterocycles. The Morgan fingerprint density at radius 1 is 0.926 bits per heavy atom. The van der Waals surface area contributed by atoms with Gasteiger partial charge >= 0.3 is 0 Å². The molecule has 2 N–H and O–H groups in total. The lowest BCUT2D eigenvalue weighted by Crippen LogP contribution is -2.41. The molecule has 0 aromatic heterocycles. The predicted molar refractivity (Wildman–Crippen MR) is 110 cm³/mol. The lowest BCUT2D eigenvalue weighted by Gasteiger charge is -2.11. The van der Waals surface area contributed by atoms with Gasteiger partial charge in [-0.25, -0.2) is 0 Å². The standard InChI is InChI=1S/C21H25BrN2O3/c1-3-4-5-6-13-27-19-12-11-17(14-18(19)22)21(26)24-23-20(25)16-9-7-15(2)8-10-16/h7-12,14H,3-6,13H2,1-2H3,(H,23,25)(H,24,26). The first kappa shape index (κ1) is 21.0. The fourth-order valence-corrected chi connectivity index (χ4v) is 2.93. The molecule has 0 bridgehead atoms. The van der Waals surface area contributed by atoms with Crippen molar-refractivity contribution in [2.45, 2.75) is 39.5 Å². The SMILES string of the molecule is CCCCCCOc1ccc(C(=O)NNC(=O)c2ccc(C)cc2)cc1Br. The van der Waals surface area contributed by atoms with E-state index in [0.717, 1.165) is 18.4 Å². The number of ether oxygens (including phenoxy) is 1. The predicted octanol–water partition coefficient (Wildman–Crippen LogP) is 4.79. The smallest absolute Gasteiger partial charge is 0.269 e. The molecule has 144 valence electrons. The molecule has 0 aliphatic rings. The maximum absolute atomic E-state index is 12.2. The van der Waals surface area contributed by atoms with Gasteiger partial charge in [-0.1, -0.05) is 43.9 Å². The molecule has 2 aromatic carbocycles. The molecule has 0 atom stereocenters. The number of aryl methyl sites for hydroxylation is 1. The van der Waals surface area contributed by atoms with Crippen molar-refractivity contribution >= 4 is 27.7 Å².